The Morgan fingerprint density at radius 2 is 2.11 bits per heavy atom. The third kappa shape index (κ3) is 4.38. The van der Waals surface area contributed by atoms with E-state index in [2.05, 4.69) is 5.32 Å². The van der Waals surface area contributed by atoms with Crippen LogP contribution in [-0.4, -0.2) is 30.0 Å². The molecule has 1 aromatic rings. The lowest BCUT2D eigenvalue weighted by Crippen LogP contribution is -2.40. The maximum Gasteiger partial charge on any atom is 0.269 e. The van der Waals surface area contributed by atoms with Gasteiger partial charge < -0.3 is 15.8 Å². The summed E-state index contributed by atoms with van der Waals surface area (Å²) in [5.41, 5.74) is 5.33. The molecule has 1 atom stereocenters. The normalized spacial score (nSPS) is 11.7. The Balaban J connectivity index is 2.44. The van der Waals surface area contributed by atoms with Crippen molar-refractivity contribution in [3.63, 3.8) is 0 Å². The number of carbonyl (C=O) groups excluding carboxylic acids is 1. The Morgan fingerprint density at radius 1 is 1.50 bits per heavy atom. The van der Waals surface area contributed by atoms with Crippen molar-refractivity contribution in [3.8, 4) is 5.75 Å². The highest BCUT2D eigenvalue weighted by molar-refractivity contribution is 5.77. The molecule has 0 fully saturated rings. The van der Waals surface area contributed by atoms with Gasteiger partial charge in [0, 0.05) is 24.7 Å². The zero-order valence-corrected chi connectivity index (χ0v) is 9.96. The summed E-state index contributed by atoms with van der Waals surface area (Å²) in [6, 6.07) is 5.40. The van der Waals surface area contributed by atoms with Crippen LogP contribution in [0.4, 0.5) is 5.69 Å². The van der Waals surface area contributed by atoms with Gasteiger partial charge in [-0.05, 0) is 19.1 Å². The van der Waals surface area contributed by atoms with E-state index in [1.54, 1.807) is 6.92 Å². The second-order valence-electron chi connectivity index (χ2n) is 3.74. The smallest absolute Gasteiger partial charge is 0.269 e. The van der Waals surface area contributed by atoms with E-state index in [4.69, 9.17) is 10.5 Å². The van der Waals surface area contributed by atoms with Gasteiger partial charge in [0.25, 0.3) is 11.6 Å². The first-order chi connectivity index (χ1) is 8.52. The first-order valence-corrected chi connectivity index (χ1v) is 5.39. The molecule has 1 rings (SSSR count). The Labute approximate surface area is 104 Å². The summed E-state index contributed by atoms with van der Waals surface area (Å²) in [6.45, 7) is 1.98. The predicted molar refractivity (Wildman–Crippen MR) is 65.3 cm³/mol. The monoisotopic (exact) mass is 253 g/mol. The summed E-state index contributed by atoms with van der Waals surface area (Å²) < 4.78 is 5.17. The quantitative estimate of drug-likeness (QED) is 0.565. The van der Waals surface area contributed by atoms with E-state index in [-0.39, 0.29) is 24.2 Å². The number of non-ortho nitro benzene ring substituents is 1. The van der Waals surface area contributed by atoms with Crippen LogP contribution in [0.15, 0.2) is 24.3 Å². The Hall–Kier alpha value is -2.15. The van der Waals surface area contributed by atoms with Crippen LogP contribution in [0.2, 0.25) is 0 Å². The van der Waals surface area contributed by atoms with Crippen LogP contribution in [0.25, 0.3) is 0 Å². The van der Waals surface area contributed by atoms with E-state index < -0.39 is 4.92 Å². The van der Waals surface area contributed by atoms with E-state index in [9.17, 15) is 14.9 Å². The summed E-state index contributed by atoms with van der Waals surface area (Å²) >= 11 is 0. The Morgan fingerprint density at radius 3 is 2.61 bits per heavy atom. The van der Waals surface area contributed by atoms with Crippen molar-refractivity contribution in [2.45, 2.75) is 13.0 Å². The first kappa shape index (κ1) is 13.9. The summed E-state index contributed by atoms with van der Waals surface area (Å²) in [5.74, 6) is 0.113. The zero-order chi connectivity index (χ0) is 13.5. The fourth-order valence-corrected chi connectivity index (χ4v) is 1.19. The van der Waals surface area contributed by atoms with Gasteiger partial charge in [-0.3, -0.25) is 14.9 Å². The fraction of sp³-hybridized carbons (Fsp3) is 0.364. The molecule has 0 aliphatic heterocycles. The summed E-state index contributed by atoms with van der Waals surface area (Å²) in [4.78, 5) is 21.3. The largest absolute Gasteiger partial charge is 0.484 e. The minimum Gasteiger partial charge on any atom is -0.484 e. The van der Waals surface area contributed by atoms with E-state index in [0.717, 1.165) is 0 Å². The number of carbonyl (C=O) groups is 1. The highest BCUT2D eigenvalue weighted by Crippen LogP contribution is 2.16. The molecule has 0 aromatic heterocycles. The Bertz CT molecular complexity index is 419. The molecule has 7 heteroatoms. The van der Waals surface area contributed by atoms with Crippen molar-refractivity contribution < 1.29 is 14.5 Å². The molecule has 0 spiro atoms. The standard InChI is InChI=1S/C11H15N3O4/c1-8(6-12)13-11(15)7-18-10-4-2-9(3-5-10)14(16)17/h2-5,8H,6-7,12H2,1H3,(H,13,15)/t8-/m0/s1. The minimum absolute atomic E-state index is 0.0245. The summed E-state index contributed by atoms with van der Waals surface area (Å²) in [5, 5.41) is 13.1. The first-order valence-electron chi connectivity index (χ1n) is 5.39. The molecule has 0 heterocycles. The lowest BCUT2D eigenvalue weighted by molar-refractivity contribution is -0.384. The molecule has 7 nitrogen and oxygen atoms in total. The number of nitro groups is 1. The molecular formula is C11H15N3O4. The number of nitro benzene ring substituents is 1. The van der Waals surface area contributed by atoms with E-state index in [1.165, 1.54) is 24.3 Å². The van der Waals surface area contributed by atoms with E-state index >= 15 is 0 Å². The molecule has 0 aliphatic rings. The molecule has 0 saturated carbocycles. The number of benzene rings is 1. The highest BCUT2D eigenvalue weighted by Gasteiger charge is 2.08. The lowest BCUT2D eigenvalue weighted by Gasteiger charge is -2.11. The average Bonchev–Trinajstić information content (AvgIpc) is 2.36. The third-order valence-corrected chi connectivity index (χ3v) is 2.18. The van der Waals surface area contributed by atoms with Crippen LogP contribution in [0, 0.1) is 10.1 Å². The van der Waals surface area contributed by atoms with Gasteiger partial charge in [-0.2, -0.15) is 0 Å². The molecule has 18 heavy (non-hydrogen) atoms. The third-order valence-electron chi connectivity index (χ3n) is 2.18. The lowest BCUT2D eigenvalue weighted by atomic mass is 10.3. The molecule has 1 aromatic carbocycles. The van der Waals surface area contributed by atoms with Crippen molar-refractivity contribution in [2.24, 2.45) is 5.73 Å². The molecule has 0 bridgehead atoms. The number of hydrogen-bond acceptors (Lipinski definition) is 5. The topological polar surface area (TPSA) is 107 Å². The SMILES string of the molecule is C[C@@H](CN)NC(=O)COc1ccc([N+](=O)[O-])cc1. The van der Waals surface area contributed by atoms with Crippen LogP contribution in [0.3, 0.4) is 0 Å². The number of nitrogens with one attached hydrogen (secondary N) is 1. The van der Waals surface area contributed by atoms with Crippen LogP contribution in [0.5, 0.6) is 5.75 Å². The van der Waals surface area contributed by atoms with E-state index in [1.807, 2.05) is 0 Å². The maximum atomic E-state index is 11.4. The summed E-state index contributed by atoms with van der Waals surface area (Å²) in [7, 11) is 0. The molecule has 0 aliphatic carbocycles. The molecule has 1 amide bonds. The van der Waals surface area contributed by atoms with Crippen molar-refractivity contribution >= 4 is 11.6 Å². The molecular weight excluding hydrogens is 238 g/mol. The van der Waals surface area contributed by atoms with Crippen LogP contribution in [-0.2, 0) is 4.79 Å². The van der Waals surface area contributed by atoms with Crippen molar-refractivity contribution in [1.82, 2.24) is 5.32 Å². The van der Waals surface area contributed by atoms with Gasteiger partial charge in [0.15, 0.2) is 6.61 Å². The maximum absolute atomic E-state index is 11.4. The van der Waals surface area contributed by atoms with Gasteiger partial charge in [0.05, 0.1) is 4.92 Å². The van der Waals surface area contributed by atoms with Gasteiger partial charge in [-0.25, -0.2) is 0 Å². The van der Waals surface area contributed by atoms with Crippen LogP contribution in [0.1, 0.15) is 6.92 Å². The molecule has 0 saturated heterocycles. The number of hydrogen-bond donors (Lipinski definition) is 2. The summed E-state index contributed by atoms with van der Waals surface area (Å²) in [6.07, 6.45) is 0. The number of nitrogens with two attached hydrogens (primary N) is 1. The van der Waals surface area contributed by atoms with Gasteiger partial charge in [0.1, 0.15) is 5.75 Å². The number of amides is 1. The van der Waals surface area contributed by atoms with Crippen LogP contribution >= 0.6 is 0 Å². The molecule has 0 unspecified atom stereocenters. The van der Waals surface area contributed by atoms with E-state index in [0.29, 0.717) is 12.3 Å². The van der Waals surface area contributed by atoms with Crippen LogP contribution < -0.4 is 15.8 Å². The molecule has 3 N–H and O–H groups in total. The number of nitrogens with zero attached hydrogens (tertiary/aromatic N) is 1. The second kappa shape index (κ2) is 6.55. The molecule has 0 radical (unpaired) electrons. The Kier molecular flexibility index (Phi) is 5.06. The van der Waals surface area contributed by atoms with Crippen molar-refractivity contribution in [1.29, 1.82) is 0 Å². The number of rotatable bonds is 6. The highest BCUT2D eigenvalue weighted by atomic mass is 16.6. The number of ether oxygens (including phenoxy) is 1. The fourth-order valence-electron chi connectivity index (χ4n) is 1.19. The zero-order valence-electron chi connectivity index (χ0n) is 9.96. The minimum atomic E-state index is -0.501. The van der Waals surface area contributed by atoms with Gasteiger partial charge in [0.2, 0.25) is 0 Å². The molecule has 98 valence electrons. The van der Waals surface area contributed by atoms with Gasteiger partial charge >= 0.3 is 0 Å². The predicted octanol–water partition coefficient (Wildman–Crippen LogP) is 0.437. The van der Waals surface area contributed by atoms with Crippen molar-refractivity contribution in [2.75, 3.05) is 13.2 Å². The van der Waals surface area contributed by atoms with Gasteiger partial charge in [-0.15, -0.1) is 0 Å². The van der Waals surface area contributed by atoms with Crippen molar-refractivity contribution in [3.05, 3.63) is 34.4 Å². The second-order valence-corrected chi connectivity index (χ2v) is 3.74. The van der Waals surface area contributed by atoms with Gasteiger partial charge in [-0.1, -0.05) is 0 Å². The average molecular weight is 253 g/mol.